The van der Waals surface area contributed by atoms with Crippen molar-refractivity contribution in [3.05, 3.63) is 18.0 Å². The van der Waals surface area contributed by atoms with Gasteiger partial charge in [0.2, 0.25) is 0 Å². The van der Waals surface area contributed by atoms with Crippen LogP contribution in [0, 0.1) is 0 Å². The average Bonchev–Trinajstić information content (AvgIpc) is 2.75. The van der Waals surface area contributed by atoms with Crippen molar-refractivity contribution in [1.82, 2.24) is 9.47 Å². The smallest absolute Gasteiger partial charge is 0.270 e. The molecule has 0 saturated heterocycles. The largest absolute Gasteiger partial charge is 0.397 e. The molecule has 5 heteroatoms. The number of aliphatic hydroxyl groups is 1. The van der Waals surface area contributed by atoms with Gasteiger partial charge in [0.15, 0.2) is 0 Å². The van der Waals surface area contributed by atoms with Gasteiger partial charge in [-0.2, -0.15) is 0 Å². The Bertz CT molecular complexity index is 388. The Hall–Kier alpha value is -1.49. The summed E-state index contributed by atoms with van der Waals surface area (Å²) in [4.78, 5) is 14.1. The highest BCUT2D eigenvalue weighted by molar-refractivity contribution is 5.93. The molecule has 0 atom stereocenters. The van der Waals surface area contributed by atoms with Crippen LogP contribution < -0.4 is 5.73 Å². The van der Waals surface area contributed by atoms with Gasteiger partial charge in [-0.05, 0) is 19.4 Å². The van der Waals surface area contributed by atoms with Crippen molar-refractivity contribution < 1.29 is 9.90 Å². The predicted molar refractivity (Wildman–Crippen MR) is 72.4 cm³/mol. The second-order valence-electron chi connectivity index (χ2n) is 4.31. The van der Waals surface area contributed by atoms with Gasteiger partial charge in [-0.25, -0.2) is 0 Å². The Morgan fingerprint density at radius 2 is 2.17 bits per heavy atom. The fourth-order valence-corrected chi connectivity index (χ4v) is 1.92. The molecule has 5 nitrogen and oxygen atoms in total. The predicted octanol–water partition coefficient (Wildman–Crippen LogP) is 1.32. The van der Waals surface area contributed by atoms with Crippen molar-refractivity contribution >= 4 is 11.6 Å². The minimum absolute atomic E-state index is 0.0161. The number of aliphatic hydroxyl groups excluding tert-OH is 1. The number of hydrogen-bond donors (Lipinski definition) is 2. The van der Waals surface area contributed by atoms with Crippen molar-refractivity contribution in [2.75, 3.05) is 25.4 Å². The first-order valence-corrected chi connectivity index (χ1v) is 6.49. The third kappa shape index (κ3) is 3.50. The molecule has 0 saturated carbocycles. The Morgan fingerprint density at radius 1 is 1.44 bits per heavy atom. The van der Waals surface area contributed by atoms with E-state index < -0.39 is 0 Å². The van der Waals surface area contributed by atoms with Gasteiger partial charge < -0.3 is 20.3 Å². The summed E-state index contributed by atoms with van der Waals surface area (Å²) in [5, 5.41) is 9.04. The maximum Gasteiger partial charge on any atom is 0.270 e. The lowest BCUT2D eigenvalue weighted by atomic mass is 10.2. The first kappa shape index (κ1) is 14.6. The molecule has 102 valence electrons. The molecule has 0 aliphatic heterocycles. The first-order chi connectivity index (χ1) is 8.63. The van der Waals surface area contributed by atoms with Crippen molar-refractivity contribution in [2.45, 2.75) is 33.2 Å². The molecule has 0 unspecified atom stereocenters. The normalized spacial score (nSPS) is 10.6. The van der Waals surface area contributed by atoms with Crippen molar-refractivity contribution in [2.24, 2.45) is 0 Å². The Morgan fingerprint density at radius 3 is 2.72 bits per heavy atom. The number of amides is 1. The first-order valence-electron chi connectivity index (χ1n) is 6.49. The summed E-state index contributed by atoms with van der Waals surface area (Å²) in [6.45, 7) is 5.78. The summed E-state index contributed by atoms with van der Waals surface area (Å²) in [5.41, 5.74) is 6.92. The van der Waals surface area contributed by atoms with E-state index in [4.69, 9.17) is 10.8 Å². The topological polar surface area (TPSA) is 71.5 Å². The number of nitrogen functional groups attached to an aromatic ring is 1. The van der Waals surface area contributed by atoms with E-state index in [0.717, 1.165) is 12.8 Å². The Labute approximate surface area is 108 Å². The number of aryl methyl sites for hydroxylation is 1. The highest BCUT2D eigenvalue weighted by Crippen LogP contribution is 2.13. The molecule has 0 bridgehead atoms. The summed E-state index contributed by atoms with van der Waals surface area (Å²) >= 11 is 0. The molecule has 3 N–H and O–H groups in total. The Balaban J connectivity index is 2.86. The minimum atomic E-state index is -0.0592. The zero-order chi connectivity index (χ0) is 13.5. The van der Waals surface area contributed by atoms with Gasteiger partial charge >= 0.3 is 0 Å². The number of unbranched alkanes of at least 4 members (excludes halogenated alkanes) is 1. The number of aromatic nitrogens is 1. The summed E-state index contributed by atoms with van der Waals surface area (Å²) in [5.74, 6) is -0.0592. The Kier molecular flexibility index (Phi) is 5.71. The number of carbonyl (C=O) groups is 1. The maximum atomic E-state index is 12.4. The maximum absolute atomic E-state index is 12.4. The number of nitrogens with two attached hydrogens (primary N) is 1. The van der Waals surface area contributed by atoms with Gasteiger partial charge in [-0.1, -0.05) is 13.3 Å². The third-order valence-electron chi connectivity index (χ3n) is 2.92. The van der Waals surface area contributed by atoms with Crippen molar-refractivity contribution in [3.8, 4) is 0 Å². The zero-order valence-corrected chi connectivity index (χ0v) is 11.2. The van der Waals surface area contributed by atoms with Crippen LogP contribution in [0.3, 0.4) is 0 Å². The quantitative estimate of drug-likeness (QED) is 0.770. The second-order valence-corrected chi connectivity index (χ2v) is 4.31. The molecule has 1 amide bonds. The van der Waals surface area contributed by atoms with Gasteiger partial charge in [0.05, 0.1) is 12.3 Å². The number of hydrogen-bond acceptors (Lipinski definition) is 3. The molecule has 1 aromatic rings. The number of rotatable bonds is 7. The lowest BCUT2D eigenvalue weighted by Gasteiger charge is -2.22. The van der Waals surface area contributed by atoms with Gasteiger partial charge in [-0.3, -0.25) is 4.79 Å². The van der Waals surface area contributed by atoms with Crippen LogP contribution in [0.25, 0.3) is 0 Å². The average molecular weight is 253 g/mol. The standard InChI is InChI=1S/C13H23N3O2/c1-3-5-6-16(7-8-17)13(18)12-9-11(14)10-15(12)4-2/h9-10,17H,3-8,14H2,1-2H3. The van der Waals surface area contributed by atoms with E-state index in [2.05, 4.69) is 6.92 Å². The van der Waals surface area contributed by atoms with E-state index in [0.29, 0.717) is 31.0 Å². The molecule has 0 fully saturated rings. The number of carbonyl (C=O) groups excluding carboxylic acids is 1. The van der Waals surface area contributed by atoms with Crippen LogP contribution in [0.2, 0.25) is 0 Å². The van der Waals surface area contributed by atoms with E-state index in [-0.39, 0.29) is 12.5 Å². The lowest BCUT2D eigenvalue weighted by Crippen LogP contribution is -2.35. The van der Waals surface area contributed by atoms with Crippen molar-refractivity contribution in [3.63, 3.8) is 0 Å². The van der Waals surface area contributed by atoms with Gasteiger partial charge in [0.25, 0.3) is 5.91 Å². The molecule has 0 aliphatic carbocycles. The fourth-order valence-electron chi connectivity index (χ4n) is 1.92. The van der Waals surface area contributed by atoms with Gasteiger partial charge in [0.1, 0.15) is 5.69 Å². The third-order valence-corrected chi connectivity index (χ3v) is 2.92. The minimum Gasteiger partial charge on any atom is -0.397 e. The van der Waals surface area contributed by atoms with E-state index in [1.54, 1.807) is 17.2 Å². The van der Waals surface area contributed by atoms with E-state index >= 15 is 0 Å². The highest BCUT2D eigenvalue weighted by atomic mass is 16.3. The van der Waals surface area contributed by atoms with Crippen LogP contribution in [0.4, 0.5) is 5.69 Å². The molecule has 18 heavy (non-hydrogen) atoms. The van der Waals surface area contributed by atoms with Gasteiger partial charge in [0, 0.05) is 25.8 Å². The second kappa shape index (κ2) is 7.06. The molecule has 0 aliphatic rings. The number of anilines is 1. The van der Waals surface area contributed by atoms with Crippen LogP contribution in [0.1, 0.15) is 37.2 Å². The molecule has 0 aromatic carbocycles. The summed E-state index contributed by atoms with van der Waals surface area (Å²) in [6, 6.07) is 1.70. The van der Waals surface area contributed by atoms with Crippen LogP contribution in [0.5, 0.6) is 0 Å². The van der Waals surface area contributed by atoms with Crippen LogP contribution in [-0.4, -0.2) is 40.2 Å². The van der Waals surface area contributed by atoms with Crippen LogP contribution >= 0.6 is 0 Å². The SMILES string of the molecule is CCCCN(CCO)C(=O)c1cc(N)cn1CC. The molecule has 1 rings (SSSR count). The van der Waals surface area contributed by atoms with Crippen LogP contribution in [-0.2, 0) is 6.54 Å². The summed E-state index contributed by atoms with van der Waals surface area (Å²) in [6.07, 6.45) is 3.73. The van der Waals surface area contributed by atoms with E-state index in [9.17, 15) is 4.79 Å². The monoisotopic (exact) mass is 253 g/mol. The summed E-state index contributed by atoms with van der Waals surface area (Å²) < 4.78 is 1.84. The lowest BCUT2D eigenvalue weighted by molar-refractivity contribution is 0.0708. The van der Waals surface area contributed by atoms with Gasteiger partial charge in [-0.15, -0.1) is 0 Å². The summed E-state index contributed by atoms with van der Waals surface area (Å²) in [7, 11) is 0. The fraction of sp³-hybridized carbons (Fsp3) is 0.615. The highest BCUT2D eigenvalue weighted by Gasteiger charge is 2.18. The zero-order valence-electron chi connectivity index (χ0n) is 11.2. The van der Waals surface area contributed by atoms with Crippen molar-refractivity contribution in [1.29, 1.82) is 0 Å². The molecule has 1 heterocycles. The van der Waals surface area contributed by atoms with E-state index in [1.165, 1.54) is 0 Å². The molecule has 1 aromatic heterocycles. The molecular weight excluding hydrogens is 230 g/mol. The van der Waals surface area contributed by atoms with Crippen LogP contribution in [0.15, 0.2) is 12.3 Å². The molecule has 0 radical (unpaired) electrons. The van der Waals surface area contributed by atoms with E-state index in [1.807, 2.05) is 11.5 Å². The number of nitrogens with zero attached hydrogens (tertiary/aromatic N) is 2. The molecule has 0 spiro atoms. The molecular formula is C13H23N3O2.